The fourth-order valence-electron chi connectivity index (χ4n) is 3.03. The molecule has 0 aliphatic carbocycles. The molecule has 0 saturated carbocycles. The summed E-state index contributed by atoms with van der Waals surface area (Å²) < 4.78 is 37.4. The summed E-state index contributed by atoms with van der Waals surface area (Å²) in [5.41, 5.74) is 2.21. The molecule has 8 heteroatoms. The van der Waals surface area contributed by atoms with Crippen LogP contribution in [0.15, 0.2) is 71.6 Å². The molecule has 0 amide bonds. The molecule has 158 valence electrons. The maximum atomic E-state index is 12.8. The Hall–Kier alpha value is -3.23. The summed E-state index contributed by atoms with van der Waals surface area (Å²) in [5.74, 6) is -0.774. The zero-order chi connectivity index (χ0) is 22.0. The number of esters is 1. The first-order valence-corrected chi connectivity index (χ1v) is 11.7. The number of carbonyl (C=O) groups excluding carboxylic acids is 1. The highest BCUT2D eigenvalue weighted by atomic mass is 32.2. The number of fused-ring (bicyclic) bond motifs is 1. The van der Waals surface area contributed by atoms with Crippen LogP contribution in [0.2, 0.25) is 0 Å². The fraction of sp³-hybridized carbons (Fsp3) is 0.130. The summed E-state index contributed by atoms with van der Waals surface area (Å²) in [5, 5.41) is 0.649. The number of hydrogen-bond acceptors (Lipinski definition) is 7. The molecule has 0 aliphatic heterocycles. The van der Waals surface area contributed by atoms with Gasteiger partial charge in [-0.05, 0) is 55.3 Å². The third kappa shape index (κ3) is 4.60. The van der Waals surface area contributed by atoms with Gasteiger partial charge in [0.25, 0.3) is 0 Å². The van der Waals surface area contributed by atoms with Crippen molar-refractivity contribution in [1.29, 1.82) is 0 Å². The van der Waals surface area contributed by atoms with Crippen molar-refractivity contribution in [2.75, 3.05) is 0 Å². The number of thiazole rings is 1. The van der Waals surface area contributed by atoms with Crippen LogP contribution in [0.3, 0.4) is 0 Å². The van der Waals surface area contributed by atoms with E-state index < -0.39 is 16.1 Å². The number of hydrogen-bond donors (Lipinski definition) is 0. The van der Waals surface area contributed by atoms with Gasteiger partial charge in [-0.15, -0.1) is 11.3 Å². The van der Waals surface area contributed by atoms with Gasteiger partial charge in [0, 0.05) is 0 Å². The monoisotopic (exact) mass is 453 g/mol. The molecule has 0 N–H and O–H groups in total. The van der Waals surface area contributed by atoms with Crippen molar-refractivity contribution in [2.45, 2.75) is 25.3 Å². The lowest BCUT2D eigenvalue weighted by atomic mass is 10.2. The molecule has 6 nitrogen and oxygen atoms in total. The molecule has 0 bridgehead atoms. The summed E-state index contributed by atoms with van der Waals surface area (Å²) in [6.07, 6.45) is 0. The molecular formula is C23H19NO5S2. The Morgan fingerprint density at radius 2 is 1.74 bits per heavy atom. The number of rotatable bonds is 6. The van der Waals surface area contributed by atoms with Crippen molar-refractivity contribution in [1.82, 2.24) is 4.98 Å². The van der Waals surface area contributed by atoms with E-state index in [1.165, 1.54) is 23.5 Å². The Bertz CT molecular complexity index is 1340. The van der Waals surface area contributed by atoms with E-state index in [2.05, 4.69) is 4.98 Å². The lowest BCUT2D eigenvalue weighted by Gasteiger charge is -2.12. The smallest absolute Gasteiger partial charge is 0.342 e. The van der Waals surface area contributed by atoms with Crippen LogP contribution in [0.25, 0.3) is 10.2 Å². The summed E-state index contributed by atoms with van der Waals surface area (Å²) in [4.78, 5) is 17.2. The topological polar surface area (TPSA) is 82.6 Å². The van der Waals surface area contributed by atoms with Gasteiger partial charge < -0.3 is 8.92 Å². The SMILES string of the molecule is Cc1ccc(C)c(S(=O)(=O)Oc2ccccc2C(=O)OCc2nc3ccccc3s2)c1. The van der Waals surface area contributed by atoms with E-state index in [1.54, 1.807) is 38.1 Å². The molecule has 0 atom stereocenters. The Balaban J connectivity index is 1.55. The highest BCUT2D eigenvalue weighted by Gasteiger charge is 2.23. The first kappa shape index (κ1) is 21.0. The number of aryl methyl sites for hydroxylation is 2. The van der Waals surface area contributed by atoms with Gasteiger partial charge in [-0.25, -0.2) is 9.78 Å². The first-order chi connectivity index (χ1) is 14.8. The van der Waals surface area contributed by atoms with Crippen molar-refractivity contribution >= 4 is 37.6 Å². The first-order valence-electron chi connectivity index (χ1n) is 9.46. The Labute approximate surface area is 184 Å². The standard InChI is InChI=1S/C23H19NO5S2/c1-15-11-12-16(2)21(13-15)31(26,27)29-19-9-5-3-7-17(19)23(25)28-14-22-24-18-8-4-6-10-20(18)30-22/h3-13H,14H2,1-2H3. The van der Waals surface area contributed by atoms with Gasteiger partial charge in [0.15, 0.2) is 5.75 Å². The maximum absolute atomic E-state index is 12.8. The second-order valence-corrected chi connectivity index (χ2v) is 9.58. The van der Waals surface area contributed by atoms with Crippen molar-refractivity contribution in [3.05, 3.63) is 88.4 Å². The van der Waals surface area contributed by atoms with E-state index in [0.29, 0.717) is 10.6 Å². The minimum absolute atomic E-state index is 0.0176. The lowest BCUT2D eigenvalue weighted by Crippen LogP contribution is -2.15. The predicted octanol–water partition coefficient (Wildman–Crippen LogP) is 5.04. The molecule has 4 aromatic rings. The van der Waals surface area contributed by atoms with Crippen molar-refractivity contribution in [3.8, 4) is 5.75 Å². The summed E-state index contributed by atoms with van der Waals surface area (Å²) >= 11 is 1.43. The number of aromatic nitrogens is 1. The summed E-state index contributed by atoms with van der Waals surface area (Å²) in [6.45, 7) is 3.47. The molecule has 0 aliphatic rings. The lowest BCUT2D eigenvalue weighted by molar-refractivity contribution is 0.0470. The molecule has 1 heterocycles. The van der Waals surface area contributed by atoms with Gasteiger partial charge in [-0.3, -0.25) is 0 Å². The van der Waals surface area contributed by atoms with E-state index in [4.69, 9.17) is 8.92 Å². The molecule has 31 heavy (non-hydrogen) atoms. The highest BCUT2D eigenvalue weighted by molar-refractivity contribution is 7.87. The zero-order valence-corrected chi connectivity index (χ0v) is 18.5. The number of carbonyl (C=O) groups is 1. The van der Waals surface area contributed by atoms with E-state index in [9.17, 15) is 13.2 Å². The molecular weight excluding hydrogens is 434 g/mol. The van der Waals surface area contributed by atoms with Gasteiger partial charge >= 0.3 is 16.1 Å². The van der Waals surface area contributed by atoms with Crippen LogP contribution in [-0.4, -0.2) is 19.4 Å². The summed E-state index contributed by atoms with van der Waals surface area (Å²) in [6, 6.07) is 18.8. The van der Waals surface area contributed by atoms with Crippen LogP contribution in [0.5, 0.6) is 5.75 Å². The maximum Gasteiger partial charge on any atom is 0.342 e. The van der Waals surface area contributed by atoms with E-state index in [0.717, 1.165) is 15.8 Å². The minimum Gasteiger partial charge on any atom is -0.455 e. The van der Waals surface area contributed by atoms with Gasteiger partial charge in [0.1, 0.15) is 22.1 Å². The fourth-order valence-corrected chi connectivity index (χ4v) is 5.18. The van der Waals surface area contributed by atoms with Crippen molar-refractivity contribution < 1.29 is 22.1 Å². The normalized spacial score (nSPS) is 11.4. The average Bonchev–Trinajstić information content (AvgIpc) is 3.17. The molecule has 0 unspecified atom stereocenters. The summed E-state index contributed by atoms with van der Waals surface area (Å²) in [7, 11) is -4.13. The van der Waals surface area contributed by atoms with Crippen LogP contribution >= 0.6 is 11.3 Å². The Morgan fingerprint density at radius 3 is 2.55 bits per heavy atom. The van der Waals surface area contributed by atoms with Gasteiger partial charge in [-0.1, -0.05) is 36.4 Å². The van der Waals surface area contributed by atoms with E-state index >= 15 is 0 Å². The Morgan fingerprint density at radius 1 is 1.00 bits per heavy atom. The number of ether oxygens (including phenoxy) is 1. The van der Waals surface area contributed by atoms with Crippen LogP contribution in [0.4, 0.5) is 0 Å². The second-order valence-electron chi connectivity index (χ2n) is 6.95. The van der Waals surface area contributed by atoms with Gasteiger partial charge in [-0.2, -0.15) is 8.42 Å². The number of nitrogens with zero attached hydrogens (tertiary/aromatic N) is 1. The third-order valence-electron chi connectivity index (χ3n) is 4.58. The molecule has 3 aromatic carbocycles. The van der Waals surface area contributed by atoms with Crippen LogP contribution < -0.4 is 4.18 Å². The molecule has 0 radical (unpaired) electrons. The quantitative estimate of drug-likeness (QED) is 0.301. The van der Waals surface area contributed by atoms with Gasteiger partial charge in [0.2, 0.25) is 0 Å². The van der Waals surface area contributed by atoms with Crippen molar-refractivity contribution in [2.24, 2.45) is 0 Å². The second kappa shape index (κ2) is 8.49. The number of benzene rings is 3. The molecule has 0 saturated heterocycles. The third-order valence-corrected chi connectivity index (χ3v) is 6.97. The van der Waals surface area contributed by atoms with Crippen molar-refractivity contribution in [3.63, 3.8) is 0 Å². The van der Waals surface area contributed by atoms with Crippen LogP contribution in [0.1, 0.15) is 26.5 Å². The zero-order valence-electron chi connectivity index (χ0n) is 16.9. The molecule has 4 rings (SSSR count). The molecule has 1 aromatic heterocycles. The van der Waals surface area contributed by atoms with Crippen LogP contribution in [0, 0.1) is 13.8 Å². The Kier molecular flexibility index (Phi) is 5.75. The van der Waals surface area contributed by atoms with E-state index in [1.807, 2.05) is 30.3 Å². The molecule has 0 fully saturated rings. The predicted molar refractivity (Wildman–Crippen MR) is 119 cm³/mol. The molecule has 0 spiro atoms. The van der Waals surface area contributed by atoms with Gasteiger partial charge in [0.05, 0.1) is 10.2 Å². The average molecular weight is 454 g/mol. The van der Waals surface area contributed by atoms with E-state index in [-0.39, 0.29) is 22.8 Å². The number of para-hydroxylation sites is 2. The highest BCUT2D eigenvalue weighted by Crippen LogP contribution is 2.27. The minimum atomic E-state index is -4.13. The largest absolute Gasteiger partial charge is 0.455 e. The van der Waals surface area contributed by atoms with Crippen LogP contribution in [-0.2, 0) is 21.5 Å².